The van der Waals surface area contributed by atoms with Crippen molar-refractivity contribution >= 4 is 11.6 Å². The first-order valence-corrected chi connectivity index (χ1v) is 4.20. The average molecular weight is 186 g/mol. The largest absolute Gasteiger partial charge is 0.383 e. The van der Waals surface area contributed by atoms with Crippen molar-refractivity contribution < 1.29 is 0 Å². The fourth-order valence-electron chi connectivity index (χ4n) is 1.29. The van der Waals surface area contributed by atoms with Gasteiger partial charge in [0.15, 0.2) is 0 Å². The SMILES string of the molecule is Nc1ncccc1-c1cccnc1N. The first kappa shape index (κ1) is 8.50. The van der Waals surface area contributed by atoms with Gasteiger partial charge in [-0.25, -0.2) is 9.97 Å². The zero-order valence-electron chi connectivity index (χ0n) is 7.51. The number of hydrogen-bond acceptors (Lipinski definition) is 4. The summed E-state index contributed by atoms with van der Waals surface area (Å²) < 4.78 is 0. The number of nitrogens with zero attached hydrogens (tertiary/aromatic N) is 2. The quantitative estimate of drug-likeness (QED) is 0.703. The average Bonchev–Trinajstić information content (AvgIpc) is 2.20. The van der Waals surface area contributed by atoms with E-state index >= 15 is 0 Å². The predicted octanol–water partition coefficient (Wildman–Crippen LogP) is 1.31. The minimum Gasteiger partial charge on any atom is -0.383 e. The van der Waals surface area contributed by atoms with Gasteiger partial charge in [-0.15, -0.1) is 0 Å². The van der Waals surface area contributed by atoms with Gasteiger partial charge in [0.05, 0.1) is 0 Å². The molecule has 0 radical (unpaired) electrons. The molecular weight excluding hydrogens is 176 g/mol. The first-order valence-electron chi connectivity index (χ1n) is 4.20. The van der Waals surface area contributed by atoms with E-state index in [9.17, 15) is 0 Å². The highest BCUT2D eigenvalue weighted by atomic mass is 14.8. The summed E-state index contributed by atoms with van der Waals surface area (Å²) in [6.07, 6.45) is 3.29. The van der Waals surface area contributed by atoms with E-state index in [1.165, 1.54) is 0 Å². The molecule has 70 valence electrons. The first-order chi connectivity index (χ1) is 6.79. The van der Waals surface area contributed by atoms with E-state index in [0.717, 1.165) is 11.1 Å². The maximum absolute atomic E-state index is 5.73. The Bertz CT molecular complexity index is 410. The van der Waals surface area contributed by atoms with E-state index < -0.39 is 0 Å². The van der Waals surface area contributed by atoms with E-state index in [1.807, 2.05) is 24.3 Å². The maximum atomic E-state index is 5.73. The highest BCUT2D eigenvalue weighted by molar-refractivity contribution is 5.80. The molecule has 0 saturated carbocycles. The molecule has 0 saturated heterocycles. The van der Waals surface area contributed by atoms with Gasteiger partial charge in [-0.05, 0) is 24.3 Å². The third kappa shape index (κ3) is 1.37. The van der Waals surface area contributed by atoms with Gasteiger partial charge in [0.1, 0.15) is 11.6 Å². The van der Waals surface area contributed by atoms with Gasteiger partial charge < -0.3 is 11.5 Å². The molecule has 2 aromatic rings. The molecule has 0 aliphatic carbocycles. The van der Waals surface area contributed by atoms with E-state index in [0.29, 0.717) is 11.6 Å². The summed E-state index contributed by atoms with van der Waals surface area (Å²) in [6, 6.07) is 7.38. The van der Waals surface area contributed by atoms with E-state index in [2.05, 4.69) is 9.97 Å². The second-order valence-electron chi connectivity index (χ2n) is 2.87. The Hall–Kier alpha value is -2.10. The smallest absolute Gasteiger partial charge is 0.131 e. The van der Waals surface area contributed by atoms with Crippen molar-refractivity contribution in [2.24, 2.45) is 0 Å². The molecule has 4 heteroatoms. The standard InChI is InChI=1S/C10H10N4/c11-9-7(3-1-5-13-9)8-4-2-6-14-10(8)12/h1-6H,(H2,11,13)(H2,12,14). The minimum atomic E-state index is 0.465. The Kier molecular flexibility index (Phi) is 2.02. The molecule has 0 spiro atoms. The van der Waals surface area contributed by atoms with Crippen molar-refractivity contribution in [1.82, 2.24) is 9.97 Å². The molecular formula is C10H10N4. The van der Waals surface area contributed by atoms with Crippen LogP contribution in [0.5, 0.6) is 0 Å². The Morgan fingerprint density at radius 2 is 1.21 bits per heavy atom. The number of nitrogens with two attached hydrogens (primary N) is 2. The molecule has 4 nitrogen and oxygen atoms in total. The number of aromatic nitrogens is 2. The number of rotatable bonds is 1. The van der Waals surface area contributed by atoms with Crippen LogP contribution < -0.4 is 11.5 Å². The summed E-state index contributed by atoms with van der Waals surface area (Å²) in [7, 11) is 0. The van der Waals surface area contributed by atoms with Crippen molar-refractivity contribution in [1.29, 1.82) is 0 Å². The summed E-state index contributed by atoms with van der Waals surface area (Å²) in [5, 5.41) is 0. The maximum Gasteiger partial charge on any atom is 0.131 e. The summed E-state index contributed by atoms with van der Waals surface area (Å²) >= 11 is 0. The number of hydrogen-bond donors (Lipinski definition) is 2. The molecule has 14 heavy (non-hydrogen) atoms. The number of anilines is 2. The molecule has 0 aliphatic rings. The molecule has 4 N–H and O–H groups in total. The van der Waals surface area contributed by atoms with Gasteiger partial charge in [0, 0.05) is 23.5 Å². The molecule has 2 rings (SSSR count). The lowest BCUT2D eigenvalue weighted by Crippen LogP contribution is -1.97. The highest BCUT2D eigenvalue weighted by Crippen LogP contribution is 2.26. The van der Waals surface area contributed by atoms with Crippen LogP contribution in [-0.2, 0) is 0 Å². The Morgan fingerprint density at radius 3 is 1.57 bits per heavy atom. The summed E-state index contributed by atoms with van der Waals surface area (Å²) in [5.41, 5.74) is 13.1. The lowest BCUT2D eigenvalue weighted by molar-refractivity contribution is 1.31. The molecule has 0 aliphatic heterocycles. The van der Waals surface area contributed by atoms with Crippen LogP contribution in [0, 0.1) is 0 Å². The molecule has 0 fully saturated rings. The van der Waals surface area contributed by atoms with Crippen molar-refractivity contribution in [2.75, 3.05) is 11.5 Å². The van der Waals surface area contributed by atoms with Crippen molar-refractivity contribution in [3.05, 3.63) is 36.7 Å². The van der Waals surface area contributed by atoms with Crippen LogP contribution in [0.25, 0.3) is 11.1 Å². The second-order valence-corrected chi connectivity index (χ2v) is 2.87. The summed E-state index contributed by atoms with van der Waals surface area (Å²) in [5.74, 6) is 0.930. The fraction of sp³-hybridized carbons (Fsp3) is 0. The molecule has 0 bridgehead atoms. The molecule has 2 aromatic heterocycles. The highest BCUT2D eigenvalue weighted by Gasteiger charge is 2.05. The van der Waals surface area contributed by atoms with Crippen LogP contribution in [0.3, 0.4) is 0 Å². The van der Waals surface area contributed by atoms with Gasteiger partial charge in [-0.3, -0.25) is 0 Å². The van der Waals surface area contributed by atoms with Crippen LogP contribution >= 0.6 is 0 Å². The monoisotopic (exact) mass is 186 g/mol. The molecule has 0 aromatic carbocycles. The normalized spacial score (nSPS) is 10.0. The molecule has 2 heterocycles. The Morgan fingerprint density at radius 1 is 0.786 bits per heavy atom. The van der Waals surface area contributed by atoms with E-state index in [4.69, 9.17) is 11.5 Å². The predicted molar refractivity (Wildman–Crippen MR) is 56.3 cm³/mol. The van der Waals surface area contributed by atoms with Gasteiger partial charge in [0.25, 0.3) is 0 Å². The summed E-state index contributed by atoms with van der Waals surface area (Å²) in [6.45, 7) is 0. The Balaban J connectivity index is 2.61. The van der Waals surface area contributed by atoms with E-state index in [1.54, 1.807) is 12.4 Å². The fourth-order valence-corrected chi connectivity index (χ4v) is 1.29. The van der Waals surface area contributed by atoms with E-state index in [-0.39, 0.29) is 0 Å². The summed E-state index contributed by atoms with van der Waals surface area (Å²) in [4.78, 5) is 7.98. The van der Waals surface area contributed by atoms with Crippen LogP contribution in [0.4, 0.5) is 11.6 Å². The minimum absolute atomic E-state index is 0.465. The van der Waals surface area contributed by atoms with Crippen LogP contribution in [0.1, 0.15) is 0 Å². The third-order valence-corrected chi connectivity index (χ3v) is 1.97. The topological polar surface area (TPSA) is 77.8 Å². The van der Waals surface area contributed by atoms with Crippen molar-refractivity contribution in [2.45, 2.75) is 0 Å². The number of pyridine rings is 2. The van der Waals surface area contributed by atoms with Crippen molar-refractivity contribution in [3.63, 3.8) is 0 Å². The second kappa shape index (κ2) is 3.33. The van der Waals surface area contributed by atoms with Gasteiger partial charge in [-0.2, -0.15) is 0 Å². The van der Waals surface area contributed by atoms with Crippen molar-refractivity contribution in [3.8, 4) is 11.1 Å². The van der Waals surface area contributed by atoms with Crippen LogP contribution in [0.2, 0.25) is 0 Å². The van der Waals surface area contributed by atoms with Gasteiger partial charge in [0.2, 0.25) is 0 Å². The van der Waals surface area contributed by atoms with Crippen LogP contribution in [-0.4, -0.2) is 9.97 Å². The van der Waals surface area contributed by atoms with Gasteiger partial charge >= 0.3 is 0 Å². The lowest BCUT2D eigenvalue weighted by atomic mass is 10.1. The third-order valence-electron chi connectivity index (χ3n) is 1.97. The molecule has 0 atom stereocenters. The van der Waals surface area contributed by atoms with Gasteiger partial charge in [-0.1, -0.05) is 0 Å². The van der Waals surface area contributed by atoms with Crippen LogP contribution in [0.15, 0.2) is 36.7 Å². The molecule has 0 amide bonds. The zero-order chi connectivity index (χ0) is 9.97. The lowest BCUT2D eigenvalue weighted by Gasteiger charge is -2.05. The molecule has 0 unspecified atom stereocenters. The Labute approximate surface area is 81.6 Å². The number of nitrogen functional groups attached to an aromatic ring is 2. The zero-order valence-corrected chi connectivity index (χ0v) is 7.51.